The van der Waals surface area contributed by atoms with E-state index >= 15 is 0 Å². The molecular weight excluding hydrogens is 580 g/mol. The predicted molar refractivity (Wildman–Crippen MR) is 187 cm³/mol. The second kappa shape index (κ2) is 10.4. The first-order chi connectivity index (χ1) is 23.2. The highest BCUT2D eigenvalue weighted by Gasteiger charge is 2.46. The van der Waals surface area contributed by atoms with Gasteiger partial charge in [-0.15, -0.1) is 0 Å². The Morgan fingerprint density at radius 3 is 1.68 bits per heavy atom. The number of ether oxygens (including phenoxy) is 4. The standard InChI is InChI=1S/C43H32O4/c1-2-6-38-27(5-1)13-18-41-42(38)39-7-3-4-8-40(39)43(41,32-14-9-30-21-34(16-11-28(30)19-32)44-23-36-25-46-36)33-15-10-31-22-35(17-12-29(31)20-33)45-24-37-26-47-37/h1-22,36-37H,23-26H2. The molecule has 4 heteroatoms. The summed E-state index contributed by atoms with van der Waals surface area (Å²) < 4.78 is 22.8. The van der Waals surface area contributed by atoms with E-state index in [-0.39, 0.29) is 12.2 Å². The molecule has 0 radical (unpaired) electrons. The van der Waals surface area contributed by atoms with Crippen molar-refractivity contribution in [2.75, 3.05) is 26.4 Å². The van der Waals surface area contributed by atoms with Crippen molar-refractivity contribution < 1.29 is 18.9 Å². The molecule has 7 aromatic carbocycles. The summed E-state index contributed by atoms with van der Waals surface area (Å²) in [6.07, 6.45) is 0.454. The number of hydrogen-bond acceptors (Lipinski definition) is 4. The summed E-state index contributed by atoms with van der Waals surface area (Å²) >= 11 is 0. The van der Waals surface area contributed by atoms with Crippen LogP contribution in [0.15, 0.2) is 133 Å². The van der Waals surface area contributed by atoms with Gasteiger partial charge in [-0.3, -0.25) is 0 Å². The maximum atomic E-state index is 6.03. The minimum Gasteiger partial charge on any atom is -0.491 e. The zero-order valence-corrected chi connectivity index (χ0v) is 25.8. The molecular formula is C43H32O4. The van der Waals surface area contributed by atoms with Crippen LogP contribution >= 0.6 is 0 Å². The van der Waals surface area contributed by atoms with Gasteiger partial charge in [-0.25, -0.2) is 0 Å². The molecule has 2 unspecified atom stereocenters. The van der Waals surface area contributed by atoms with Gasteiger partial charge < -0.3 is 18.9 Å². The largest absolute Gasteiger partial charge is 0.491 e. The third-order valence-corrected chi connectivity index (χ3v) is 10.1. The lowest BCUT2D eigenvalue weighted by molar-refractivity contribution is 0.263. The fourth-order valence-corrected chi connectivity index (χ4v) is 7.64. The summed E-state index contributed by atoms with van der Waals surface area (Å²) in [5, 5.41) is 7.22. The molecule has 228 valence electrons. The zero-order chi connectivity index (χ0) is 31.0. The third kappa shape index (κ3) is 4.44. The first kappa shape index (κ1) is 27.0. The topological polar surface area (TPSA) is 43.5 Å². The molecule has 47 heavy (non-hydrogen) atoms. The van der Waals surface area contributed by atoms with Crippen molar-refractivity contribution in [1.82, 2.24) is 0 Å². The van der Waals surface area contributed by atoms with Crippen molar-refractivity contribution in [3.8, 4) is 22.6 Å². The van der Waals surface area contributed by atoms with Crippen LogP contribution in [0.3, 0.4) is 0 Å². The summed E-state index contributed by atoms with van der Waals surface area (Å²) in [6.45, 7) is 2.77. The average molecular weight is 613 g/mol. The van der Waals surface area contributed by atoms with E-state index in [4.69, 9.17) is 18.9 Å². The summed E-state index contributed by atoms with van der Waals surface area (Å²) in [6, 6.07) is 49.1. The predicted octanol–water partition coefficient (Wildman–Crippen LogP) is 9.06. The average Bonchev–Trinajstić information content (AvgIpc) is 4.07. The monoisotopic (exact) mass is 612 g/mol. The Balaban J connectivity index is 1.19. The van der Waals surface area contributed by atoms with Crippen molar-refractivity contribution in [2.24, 2.45) is 0 Å². The van der Waals surface area contributed by atoms with Crippen LogP contribution in [0.25, 0.3) is 43.4 Å². The molecule has 2 saturated heterocycles. The molecule has 0 bridgehead atoms. The highest BCUT2D eigenvalue weighted by molar-refractivity contribution is 6.04. The molecule has 1 aliphatic carbocycles. The molecule has 0 spiro atoms. The van der Waals surface area contributed by atoms with E-state index in [1.807, 2.05) is 0 Å². The van der Waals surface area contributed by atoms with Gasteiger partial charge in [-0.2, -0.15) is 0 Å². The quantitative estimate of drug-likeness (QED) is 0.161. The lowest BCUT2D eigenvalue weighted by atomic mass is 9.67. The van der Waals surface area contributed by atoms with Gasteiger partial charge in [0.05, 0.1) is 18.6 Å². The van der Waals surface area contributed by atoms with Crippen LogP contribution < -0.4 is 9.47 Å². The molecule has 2 fully saturated rings. The Morgan fingerprint density at radius 2 is 1.04 bits per heavy atom. The Bertz CT molecular complexity index is 2250. The van der Waals surface area contributed by atoms with Crippen LogP contribution in [-0.2, 0) is 14.9 Å². The first-order valence-electron chi connectivity index (χ1n) is 16.4. The van der Waals surface area contributed by atoms with Crippen LogP contribution in [0, 0.1) is 0 Å². The number of rotatable bonds is 8. The molecule has 3 aliphatic rings. The van der Waals surface area contributed by atoms with Gasteiger partial charge in [0.15, 0.2) is 0 Å². The summed E-state index contributed by atoms with van der Waals surface area (Å²) in [5.74, 6) is 1.75. The summed E-state index contributed by atoms with van der Waals surface area (Å²) in [5.41, 5.74) is 7.19. The molecule has 0 saturated carbocycles. The van der Waals surface area contributed by atoms with E-state index in [1.54, 1.807) is 0 Å². The van der Waals surface area contributed by atoms with Crippen molar-refractivity contribution in [1.29, 1.82) is 0 Å². The van der Waals surface area contributed by atoms with E-state index in [9.17, 15) is 0 Å². The van der Waals surface area contributed by atoms with Crippen molar-refractivity contribution in [3.05, 3.63) is 156 Å². The van der Waals surface area contributed by atoms with E-state index in [1.165, 1.54) is 54.9 Å². The van der Waals surface area contributed by atoms with Gasteiger partial charge in [0.2, 0.25) is 0 Å². The minimum atomic E-state index is -0.519. The lowest BCUT2D eigenvalue weighted by Gasteiger charge is -2.34. The summed E-state index contributed by atoms with van der Waals surface area (Å²) in [4.78, 5) is 0. The lowest BCUT2D eigenvalue weighted by Crippen LogP contribution is -2.28. The number of hydrogen-bond donors (Lipinski definition) is 0. The molecule has 0 N–H and O–H groups in total. The zero-order valence-electron chi connectivity index (χ0n) is 25.8. The molecule has 10 rings (SSSR count). The van der Waals surface area contributed by atoms with Crippen LogP contribution in [-0.4, -0.2) is 38.6 Å². The smallest absolute Gasteiger partial charge is 0.120 e. The Labute approximate surface area is 273 Å². The van der Waals surface area contributed by atoms with Crippen LogP contribution in [0.2, 0.25) is 0 Å². The van der Waals surface area contributed by atoms with Gasteiger partial charge in [0.25, 0.3) is 0 Å². The number of epoxide rings is 2. The minimum absolute atomic E-state index is 0.227. The van der Waals surface area contributed by atoms with Crippen molar-refractivity contribution in [2.45, 2.75) is 17.6 Å². The molecule has 4 nitrogen and oxygen atoms in total. The Kier molecular flexibility index (Phi) is 5.99. The summed E-state index contributed by atoms with van der Waals surface area (Å²) in [7, 11) is 0. The second-order valence-corrected chi connectivity index (χ2v) is 13.0. The van der Waals surface area contributed by atoms with Crippen LogP contribution in [0.1, 0.15) is 22.3 Å². The fraction of sp³-hybridized carbons (Fsp3) is 0.163. The second-order valence-electron chi connectivity index (χ2n) is 13.0. The van der Waals surface area contributed by atoms with Crippen molar-refractivity contribution in [3.63, 3.8) is 0 Å². The van der Waals surface area contributed by atoms with Gasteiger partial charge in [0.1, 0.15) is 36.9 Å². The maximum absolute atomic E-state index is 6.03. The highest BCUT2D eigenvalue weighted by atomic mass is 16.6. The maximum Gasteiger partial charge on any atom is 0.120 e. The van der Waals surface area contributed by atoms with Crippen LogP contribution in [0.4, 0.5) is 0 Å². The fourth-order valence-electron chi connectivity index (χ4n) is 7.64. The molecule has 2 aliphatic heterocycles. The van der Waals surface area contributed by atoms with Crippen LogP contribution in [0.5, 0.6) is 11.5 Å². The highest BCUT2D eigenvalue weighted by Crippen LogP contribution is 2.58. The van der Waals surface area contributed by atoms with E-state index in [0.717, 1.165) is 35.5 Å². The van der Waals surface area contributed by atoms with Crippen molar-refractivity contribution >= 4 is 32.3 Å². The molecule has 0 aromatic heterocycles. The Morgan fingerprint density at radius 1 is 0.511 bits per heavy atom. The Hall–Kier alpha value is -5.16. The molecule has 0 amide bonds. The van der Waals surface area contributed by atoms with E-state index < -0.39 is 5.41 Å². The SMILES string of the molecule is c1ccc2c(c1)-c1c(ccc3ccccc13)C2(c1ccc2cc(OCC3CO3)ccc2c1)c1ccc2cc(OCC3CO3)ccc2c1. The van der Waals surface area contributed by atoms with Gasteiger partial charge in [-0.1, -0.05) is 97.1 Å². The normalized spacial score (nSPS) is 20.7. The van der Waals surface area contributed by atoms with Gasteiger partial charge in [0, 0.05) is 0 Å². The van der Waals surface area contributed by atoms with Gasteiger partial charge >= 0.3 is 0 Å². The van der Waals surface area contributed by atoms with Gasteiger partial charge in [-0.05, 0) is 102 Å². The first-order valence-corrected chi connectivity index (χ1v) is 16.4. The third-order valence-electron chi connectivity index (χ3n) is 10.1. The van der Waals surface area contributed by atoms with E-state index in [0.29, 0.717) is 13.2 Å². The molecule has 7 aromatic rings. The number of benzene rings is 7. The van der Waals surface area contributed by atoms with E-state index in [2.05, 4.69) is 133 Å². The molecule has 2 heterocycles. The molecule has 2 atom stereocenters. The number of fused-ring (bicyclic) bond motifs is 7.